The summed E-state index contributed by atoms with van der Waals surface area (Å²) in [4.78, 5) is 11.9. The second-order valence-electron chi connectivity index (χ2n) is 4.61. The maximum atomic E-state index is 11.9. The Kier molecular flexibility index (Phi) is 4.47. The number of carbonyl (C=O) groups is 1. The van der Waals surface area contributed by atoms with Crippen molar-refractivity contribution in [1.29, 1.82) is 0 Å². The van der Waals surface area contributed by atoms with Crippen LogP contribution in [0.25, 0.3) is 0 Å². The van der Waals surface area contributed by atoms with Gasteiger partial charge in [0.05, 0.1) is 12.8 Å². The van der Waals surface area contributed by atoms with Crippen molar-refractivity contribution in [2.75, 3.05) is 13.7 Å². The van der Waals surface area contributed by atoms with Crippen molar-refractivity contribution >= 4 is 17.5 Å². The molecule has 0 radical (unpaired) electrons. The van der Waals surface area contributed by atoms with Crippen LogP contribution in [0.3, 0.4) is 0 Å². The Morgan fingerprint density at radius 3 is 2.80 bits per heavy atom. The van der Waals surface area contributed by atoms with Crippen LogP contribution in [0.5, 0.6) is 0 Å². The molecule has 0 saturated heterocycles. The van der Waals surface area contributed by atoms with Crippen molar-refractivity contribution in [2.45, 2.75) is 12.5 Å². The third-order valence-corrected chi connectivity index (χ3v) is 3.45. The van der Waals surface area contributed by atoms with Crippen molar-refractivity contribution in [1.82, 2.24) is 5.32 Å². The van der Waals surface area contributed by atoms with E-state index in [1.165, 1.54) is 6.26 Å². The molecule has 2 rings (SSSR count). The Morgan fingerprint density at radius 2 is 2.20 bits per heavy atom. The van der Waals surface area contributed by atoms with Crippen LogP contribution in [0.1, 0.15) is 23.0 Å². The van der Waals surface area contributed by atoms with Crippen LogP contribution in [0, 0.1) is 0 Å². The molecular formula is C15H16ClNO3. The van der Waals surface area contributed by atoms with Gasteiger partial charge in [0.2, 0.25) is 0 Å². The normalized spacial score (nSPS) is 13.8. The molecule has 5 heteroatoms. The van der Waals surface area contributed by atoms with Gasteiger partial charge in [-0.15, -0.1) is 0 Å². The minimum absolute atomic E-state index is 0.273. The van der Waals surface area contributed by atoms with Gasteiger partial charge in [-0.1, -0.05) is 23.7 Å². The summed E-state index contributed by atoms with van der Waals surface area (Å²) in [5.74, 6) is -0.00477. The maximum absolute atomic E-state index is 11.9. The van der Waals surface area contributed by atoms with Crippen LogP contribution >= 0.6 is 11.6 Å². The molecule has 0 spiro atoms. The zero-order valence-corrected chi connectivity index (χ0v) is 12.1. The number of methoxy groups -OCH3 is 1. The highest BCUT2D eigenvalue weighted by molar-refractivity contribution is 6.30. The van der Waals surface area contributed by atoms with Crippen molar-refractivity contribution < 1.29 is 13.9 Å². The van der Waals surface area contributed by atoms with E-state index < -0.39 is 5.60 Å². The summed E-state index contributed by atoms with van der Waals surface area (Å²) < 4.78 is 10.6. The topological polar surface area (TPSA) is 51.5 Å². The Hall–Kier alpha value is -1.78. The molecule has 1 N–H and O–H groups in total. The third kappa shape index (κ3) is 3.21. The van der Waals surface area contributed by atoms with Crippen molar-refractivity contribution in [2.24, 2.45) is 0 Å². The molecule has 0 aliphatic rings. The van der Waals surface area contributed by atoms with Gasteiger partial charge in [0.25, 0.3) is 5.91 Å². The highest BCUT2D eigenvalue weighted by Crippen LogP contribution is 2.26. The SMILES string of the molecule is COC(C)(CNC(=O)c1ccco1)c1cccc(Cl)c1. The number of rotatable bonds is 5. The van der Waals surface area contributed by atoms with Gasteiger partial charge in [-0.3, -0.25) is 4.79 Å². The number of amides is 1. The summed E-state index contributed by atoms with van der Waals surface area (Å²) in [6.07, 6.45) is 1.46. The van der Waals surface area contributed by atoms with Gasteiger partial charge in [0, 0.05) is 12.1 Å². The Labute approximate surface area is 122 Å². The van der Waals surface area contributed by atoms with Gasteiger partial charge in [0.15, 0.2) is 5.76 Å². The molecule has 0 bridgehead atoms. The fourth-order valence-electron chi connectivity index (χ4n) is 1.85. The molecule has 1 unspecified atom stereocenters. The van der Waals surface area contributed by atoms with Gasteiger partial charge in [-0.25, -0.2) is 0 Å². The fourth-order valence-corrected chi connectivity index (χ4v) is 2.04. The van der Waals surface area contributed by atoms with E-state index in [4.69, 9.17) is 20.8 Å². The van der Waals surface area contributed by atoms with E-state index >= 15 is 0 Å². The number of hydrogen-bond acceptors (Lipinski definition) is 3. The number of ether oxygens (including phenoxy) is 1. The molecule has 20 heavy (non-hydrogen) atoms. The predicted molar refractivity (Wildman–Crippen MR) is 76.9 cm³/mol. The summed E-state index contributed by atoms with van der Waals surface area (Å²) >= 11 is 5.99. The quantitative estimate of drug-likeness (QED) is 0.921. The van der Waals surface area contributed by atoms with E-state index in [1.54, 1.807) is 25.3 Å². The third-order valence-electron chi connectivity index (χ3n) is 3.22. The van der Waals surface area contributed by atoms with Gasteiger partial charge in [-0.05, 0) is 36.8 Å². The highest BCUT2D eigenvalue weighted by Gasteiger charge is 2.27. The van der Waals surface area contributed by atoms with Gasteiger partial charge >= 0.3 is 0 Å². The van der Waals surface area contributed by atoms with Crippen LogP contribution in [0.2, 0.25) is 5.02 Å². The summed E-state index contributed by atoms with van der Waals surface area (Å²) in [7, 11) is 1.60. The molecule has 0 aliphatic heterocycles. The van der Waals surface area contributed by atoms with Crippen LogP contribution < -0.4 is 5.32 Å². The number of carbonyl (C=O) groups excluding carboxylic acids is 1. The Balaban J connectivity index is 2.10. The molecule has 1 heterocycles. The van der Waals surface area contributed by atoms with Crippen molar-refractivity contribution in [3.63, 3.8) is 0 Å². The largest absolute Gasteiger partial charge is 0.459 e. The minimum atomic E-state index is -0.660. The van der Waals surface area contributed by atoms with Crippen molar-refractivity contribution in [3.05, 3.63) is 59.0 Å². The van der Waals surface area contributed by atoms with E-state index in [9.17, 15) is 4.79 Å². The fraction of sp³-hybridized carbons (Fsp3) is 0.267. The second kappa shape index (κ2) is 6.11. The first-order chi connectivity index (χ1) is 9.55. The molecular weight excluding hydrogens is 278 g/mol. The molecule has 1 aromatic heterocycles. The maximum Gasteiger partial charge on any atom is 0.287 e. The molecule has 106 valence electrons. The number of halogens is 1. The van der Waals surface area contributed by atoms with E-state index in [0.717, 1.165) is 5.56 Å². The van der Waals surface area contributed by atoms with E-state index in [0.29, 0.717) is 11.6 Å². The van der Waals surface area contributed by atoms with Gasteiger partial charge < -0.3 is 14.5 Å². The lowest BCUT2D eigenvalue weighted by Crippen LogP contribution is -2.40. The predicted octanol–water partition coefficient (Wildman–Crippen LogP) is 3.22. The smallest absolute Gasteiger partial charge is 0.287 e. The molecule has 4 nitrogen and oxygen atoms in total. The summed E-state index contributed by atoms with van der Waals surface area (Å²) in [5, 5.41) is 3.42. The lowest BCUT2D eigenvalue weighted by molar-refractivity contribution is 0.00294. The Bertz CT molecular complexity index is 583. The summed E-state index contributed by atoms with van der Waals surface area (Å²) in [6.45, 7) is 2.20. The van der Waals surface area contributed by atoms with Gasteiger partial charge in [0.1, 0.15) is 5.60 Å². The number of hydrogen-bond donors (Lipinski definition) is 1. The average Bonchev–Trinajstić information content (AvgIpc) is 2.98. The second-order valence-corrected chi connectivity index (χ2v) is 5.04. The molecule has 1 aromatic carbocycles. The van der Waals surface area contributed by atoms with Crippen molar-refractivity contribution in [3.8, 4) is 0 Å². The zero-order chi connectivity index (χ0) is 14.6. The number of furan rings is 1. The lowest BCUT2D eigenvalue weighted by Gasteiger charge is -2.29. The first kappa shape index (κ1) is 14.6. The molecule has 2 aromatic rings. The van der Waals surface area contributed by atoms with E-state index in [-0.39, 0.29) is 11.7 Å². The van der Waals surface area contributed by atoms with E-state index in [1.807, 2.05) is 25.1 Å². The first-order valence-electron chi connectivity index (χ1n) is 6.18. The Morgan fingerprint density at radius 1 is 1.40 bits per heavy atom. The molecule has 1 atom stereocenters. The highest BCUT2D eigenvalue weighted by atomic mass is 35.5. The minimum Gasteiger partial charge on any atom is -0.459 e. The van der Waals surface area contributed by atoms with Crippen LogP contribution in [0.4, 0.5) is 0 Å². The first-order valence-corrected chi connectivity index (χ1v) is 6.56. The number of benzene rings is 1. The molecule has 0 aliphatic carbocycles. The van der Waals surface area contributed by atoms with Gasteiger partial charge in [-0.2, -0.15) is 0 Å². The summed E-state index contributed by atoms with van der Waals surface area (Å²) in [6, 6.07) is 10.7. The molecule has 0 saturated carbocycles. The van der Waals surface area contributed by atoms with Crippen LogP contribution in [-0.2, 0) is 10.3 Å². The molecule has 1 amide bonds. The standard InChI is InChI=1S/C15H16ClNO3/c1-15(19-2,11-5-3-6-12(16)9-11)10-17-14(18)13-7-4-8-20-13/h3-9H,10H2,1-2H3,(H,17,18). The lowest BCUT2D eigenvalue weighted by atomic mass is 9.95. The zero-order valence-electron chi connectivity index (χ0n) is 11.4. The average molecular weight is 294 g/mol. The van der Waals surface area contributed by atoms with E-state index in [2.05, 4.69) is 5.32 Å². The molecule has 0 fully saturated rings. The monoisotopic (exact) mass is 293 g/mol. The van der Waals surface area contributed by atoms with Crippen LogP contribution in [0.15, 0.2) is 47.1 Å². The summed E-state index contributed by atoms with van der Waals surface area (Å²) in [5.41, 5.74) is 0.236. The van der Waals surface area contributed by atoms with Crippen LogP contribution in [-0.4, -0.2) is 19.6 Å². The number of nitrogens with one attached hydrogen (secondary N) is 1.